The van der Waals surface area contributed by atoms with Crippen LogP contribution in [-0.2, 0) is 28.9 Å². The maximum Gasteiger partial charge on any atom is 0.416 e. The van der Waals surface area contributed by atoms with Crippen LogP contribution in [0, 0.1) is 5.92 Å². The standard InChI is InChI=1S/C18H18F3N3O3/c19-18(20,21)13-2-1-10-8-24(9-11(10)7-13)14(25)5-6-17(12-3-4-12)15(26)22-16(27)23-17/h1-2,7,12H,3-6,8-9H2,(H2,22,23,26,27)/t17-/m1/s1. The van der Waals surface area contributed by atoms with Crippen LogP contribution in [0.4, 0.5) is 18.0 Å². The molecule has 6 nitrogen and oxygen atoms in total. The first-order valence-corrected chi connectivity index (χ1v) is 8.79. The van der Waals surface area contributed by atoms with Gasteiger partial charge in [-0.3, -0.25) is 14.9 Å². The molecule has 9 heteroatoms. The van der Waals surface area contributed by atoms with Crippen LogP contribution >= 0.6 is 0 Å². The number of amides is 4. The van der Waals surface area contributed by atoms with Crippen LogP contribution < -0.4 is 10.6 Å². The van der Waals surface area contributed by atoms with E-state index in [1.807, 2.05) is 0 Å². The van der Waals surface area contributed by atoms with E-state index in [1.165, 1.54) is 11.0 Å². The number of nitrogens with zero attached hydrogens (tertiary/aromatic N) is 1. The van der Waals surface area contributed by atoms with Crippen molar-refractivity contribution in [2.45, 2.75) is 50.5 Å². The van der Waals surface area contributed by atoms with Crippen LogP contribution in [0.3, 0.4) is 0 Å². The van der Waals surface area contributed by atoms with Gasteiger partial charge in [-0.25, -0.2) is 4.79 Å². The second-order valence-electron chi connectivity index (χ2n) is 7.38. The van der Waals surface area contributed by atoms with E-state index in [9.17, 15) is 27.6 Å². The first-order chi connectivity index (χ1) is 12.7. The second kappa shape index (κ2) is 5.97. The zero-order chi connectivity index (χ0) is 19.4. The Kier molecular flexibility index (Phi) is 3.94. The third-order valence-corrected chi connectivity index (χ3v) is 5.59. The van der Waals surface area contributed by atoms with Crippen molar-refractivity contribution in [1.82, 2.24) is 15.5 Å². The minimum Gasteiger partial charge on any atom is -0.334 e. The molecule has 0 radical (unpaired) electrons. The molecule has 27 heavy (non-hydrogen) atoms. The molecule has 1 saturated carbocycles. The summed E-state index contributed by atoms with van der Waals surface area (Å²) in [5.41, 5.74) is -0.585. The van der Waals surface area contributed by atoms with Gasteiger partial charge in [0.2, 0.25) is 5.91 Å². The van der Waals surface area contributed by atoms with Gasteiger partial charge < -0.3 is 10.2 Å². The summed E-state index contributed by atoms with van der Waals surface area (Å²) in [6.45, 7) is 0.369. The molecule has 0 spiro atoms. The number of rotatable bonds is 4. The zero-order valence-corrected chi connectivity index (χ0v) is 14.4. The summed E-state index contributed by atoms with van der Waals surface area (Å²) in [6.07, 6.45) is -2.55. The number of hydrogen-bond donors (Lipinski definition) is 2. The van der Waals surface area contributed by atoms with Crippen molar-refractivity contribution in [3.8, 4) is 0 Å². The van der Waals surface area contributed by atoms with Crippen LogP contribution in [-0.4, -0.2) is 28.3 Å². The Bertz CT molecular complexity index is 835. The van der Waals surface area contributed by atoms with Crippen LogP contribution in [0.15, 0.2) is 18.2 Å². The normalized spacial score (nSPS) is 24.6. The van der Waals surface area contributed by atoms with Gasteiger partial charge >= 0.3 is 12.2 Å². The molecule has 1 atom stereocenters. The molecule has 2 aliphatic heterocycles. The quantitative estimate of drug-likeness (QED) is 0.786. The molecule has 4 amide bonds. The van der Waals surface area contributed by atoms with Crippen LogP contribution in [0.2, 0.25) is 0 Å². The van der Waals surface area contributed by atoms with Gasteiger partial charge in [0.15, 0.2) is 0 Å². The fraction of sp³-hybridized carbons (Fsp3) is 0.500. The fourth-order valence-electron chi connectivity index (χ4n) is 3.96. The lowest BCUT2D eigenvalue weighted by atomic mass is 9.88. The predicted octanol–water partition coefficient (Wildman–Crippen LogP) is 2.32. The summed E-state index contributed by atoms with van der Waals surface area (Å²) in [5, 5.41) is 4.91. The molecule has 2 fully saturated rings. The van der Waals surface area contributed by atoms with Gasteiger partial charge in [-0.05, 0) is 48.4 Å². The Balaban J connectivity index is 1.42. The van der Waals surface area contributed by atoms with Crippen LogP contribution in [0.25, 0.3) is 0 Å². The van der Waals surface area contributed by atoms with Crippen LogP contribution in [0.1, 0.15) is 42.4 Å². The fourth-order valence-corrected chi connectivity index (χ4v) is 3.96. The third-order valence-electron chi connectivity index (χ3n) is 5.59. The summed E-state index contributed by atoms with van der Waals surface area (Å²) < 4.78 is 38.5. The number of carbonyl (C=O) groups excluding carboxylic acids is 3. The monoisotopic (exact) mass is 381 g/mol. The lowest BCUT2D eigenvalue weighted by Crippen LogP contribution is -2.49. The molecule has 1 aliphatic carbocycles. The Labute approximate surface area is 153 Å². The van der Waals surface area contributed by atoms with Crippen molar-refractivity contribution >= 4 is 17.8 Å². The highest BCUT2D eigenvalue weighted by molar-refractivity contribution is 6.07. The molecule has 0 aromatic heterocycles. The van der Waals surface area contributed by atoms with E-state index in [0.717, 1.165) is 25.0 Å². The van der Waals surface area contributed by atoms with Crippen molar-refractivity contribution in [3.05, 3.63) is 34.9 Å². The Morgan fingerprint density at radius 1 is 1.19 bits per heavy atom. The molecule has 0 unspecified atom stereocenters. The van der Waals surface area contributed by atoms with Gasteiger partial charge in [0.25, 0.3) is 5.91 Å². The smallest absolute Gasteiger partial charge is 0.334 e. The maximum absolute atomic E-state index is 12.8. The summed E-state index contributed by atoms with van der Waals surface area (Å²) in [7, 11) is 0. The Morgan fingerprint density at radius 2 is 1.89 bits per heavy atom. The molecular formula is C18H18F3N3O3. The molecular weight excluding hydrogens is 363 g/mol. The molecule has 0 bridgehead atoms. The summed E-state index contributed by atoms with van der Waals surface area (Å²) in [4.78, 5) is 37.8. The summed E-state index contributed by atoms with van der Waals surface area (Å²) >= 11 is 0. The van der Waals surface area contributed by atoms with Crippen molar-refractivity contribution < 1.29 is 27.6 Å². The van der Waals surface area contributed by atoms with Gasteiger partial charge in [0, 0.05) is 19.5 Å². The molecule has 1 aromatic rings. The SMILES string of the molecule is O=C1NC(=O)[C@@](CCC(=O)N2Cc3ccc(C(F)(F)F)cc3C2)(C2CC2)N1. The average Bonchev–Trinajstić information content (AvgIpc) is 3.28. The topological polar surface area (TPSA) is 78.5 Å². The van der Waals surface area contributed by atoms with E-state index >= 15 is 0 Å². The first-order valence-electron chi connectivity index (χ1n) is 8.79. The molecule has 3 aliphatic rings. The Morgan fingerprint density at radius 3 is 2.48 bits per heavy atom. The lowest BCUT2D eigenvalue weighted by Gasteiger charge is -2.26. The Hall–Kier alpha value is -2.58. The average molecular weight is 381 g/mol. The second-order valence-corrected chi connectivity index (χ2v) is 7.38. The van der Waals surface area contributed by atoms with Crippen molar-refractivity contribution in [2.75, 3.05) is 0 Å². The minimum atomic E-state index is -4.42. The van der Waals surface area contributed by atoms with Crippen molar-refractivity contribution in [1.29, 1.82) is 0 Å². The third kappa shape index (κ3) is 3.15. The molecule has 2 N–H and O–H groups in total. The highest BCUT2D eigenvalue weighted by Gasteiger charge is 2.55. The number of hydrogen-bond acceptors (Lipinski definition) is 3. The number of nitrogens with one attached hydrogen (secondary N) is 2. The van der Waals surface area contributed by atoms with Gasteiger partial charge in [-0.2, -0.15) is 13.2 Å². The maximum atomic E-state index is 12.8. The van der Waals surface area contributed by atoms with Crippen molar-refractivity contribution in [3.63, 3.8) is 0 Å². The van der Waals surface area contributed by atoms with E-state index < -0.39 is 29.2 Å². The van der Waals surface area contributed by atoms with Gasteiger partial charge in [0.05, 0.1) is 5.56 Å². The molecule has 1 saturated heterocycles. The highest BCUT2D eigenvalue weighted by atomic mass is 19.4. The lowest BCUT2D eigenvalue weighted by molar-refractivity contribution is -0.137. The zero-order valence-electron chi connectivity index (χ0n) is 14.4. The molecule has 144 valence electrons. The highest BCUT2D eigenvalue weighted by Crippen LogP contribution is 2.44. The van der Waals surface area contributed by atoms with Gasteiger partial charge in [-0.1, -0.05) is 6.07 Å². The minimum absolute atomic E-state index is 0.0295. The summed E-state index contributed by atoms with van der Waals surface area (Å²) in [5.74, 6) is -0.613. The first kappa shape index (κ1) is 17.8. The molecule has 1 aromatic carbocycles. The van der Waals surface area contributed by atoms with E-state index in [4.69, 9.17) is 0 Å². The number of benzene rings is 1. The predicted molar refractivity (Wildman–Crippen MR) is 87.1 cm³/mol. The number of alkyl halides is 3. The molecule has 2 heterocycles. The van der Waals surface area contributed by atoms with E-state index in [2.05, 4.69) is 10.6 Å². The van der Waals surface area contributed by atoms with Gasteiger partial charge in [0.1, 0.15) is 5.54 Å². The number of imide groups is 1. The number of halogens is 3. The van der Waals surface area contributed by atoms with Crippen LogP contribution in [0.5, 0.6) is 0 Å². The number of carbonyl (C=O) groups is 3. The van der Waals surface area contributed by atoms with Gasteiger partial charge in [-0.15, -0.1) is 0 Å². The molecule has 4 rings (SSSR count). The summed E-state index contributed by atoms with van der Waals surface area (Å²) in [6, 6.07) is 2.96. The van der Waals surface area contributed by atoms with E-state index in [1.54, 1.807) is 0 Å². The number of fused-ring (bicyclic) bond motifs is 1. The largest absolute Gasteiger partial charge is 0.416 e. The van der Waals surface area contributed by atoms with E-state index in [0.29, 0.717) is 11.1 Å². The van der Waals surface area contributed by atoms with E-state index in [-0.39, 0.29) is 37.8 Å². The number of urea groups is 1. The van der Waals surface area contributed by atoms with Crippen molar-refractivity contribution in [2.24, 2.45) is 5.92 Å².